The minimum atomic E-state index is -0.640. The molecule has 0 atom stereocenters. The number of aryl methyl sites for hydroxylation is 1. The van der Waals surface area contributed by atoms with Crippen molar-refractivity contribution in [2.45, 2.75) is 13.5 Å². The molecule has 4 rings (SSSR count). The molecule has 4 amide bonds. The molecule has 0 spiro atoms. The van der Waals surface area contributed by atoms with Gasteiger partial charge in [-0.25, -0.2) is 4.79 Å². The van der Waals surface area contributed by atoms with Gasteiger partial charge in [-0.15, -0.1) is 0 Å². The van der Waals surface area contributed by atoms with Crippen LogP contribution in [0, 0.1) is 0 Å². The van der Waals surface area contributed by atoms with Crippen molar-refractivity contribution < 1.29 is 18.8 Å². The molecule has 1 fully saturated rings. The first-order valence-electron chi connectivity index (χ1n) is 8.92. The predicted molar refractivity (Wildman–Crippen MR) is 104 cm³/mol. The van der Waals surface area contributed by atoms with Gasteiger partial charge in [-0.1, -0.05) is 30.3 Å². The second kappa shape index (κ2) is 6.53. The zero-order chi connectivity index (χ0) is 20.0. The van der Waals surface area contributed by atoms with Gasteiger partial charge >= 0.3 is 6.03 Å². The standard InChI is InChI=1S/C21H19N3O4/c1-4-24-14(10-15-19(25)22(2)21(27)23(3)20(15)26)11-18-16(24)12-17(28-18)13-8-6-5-7-9-13/h5-12H,4H2,1-3H3. The molecule has 0 unspecified atom stereocenters. The van der Waals surface area contributed by atoms with Crippen molar-refractivity contribution in [2.75, 3.05) is 14.1 Å². The summed E-state index contributed by atoms with van der Waals surface area (Å²) in [5.41, 5.74) is 3.13. The van der Waals surface area contributed by atoms with Crippen molar-refractivity contribution in [3.8, 4) is 11.3 Å². The molecule has 1 saturated heterocycles. The molecule has 28 heavy (non-hydrogen) atoms. The van der Waals surface area contributed by atoms with Crippen LogP contribution < -0.4 is 0 Å². The molecule has 0 N–H and O–H groups in total. The maximum absolute atomic E-state index is 12.4. The van der Waals surface area contributed by atoms with Gasteiger partial charge in [-0.3, -0.25) is 19.4 Å². The number of furan rings is 1. The minimum Gasteiger partial charge on any atom is -0.454 e. The van der Waals surface area contributed by atoms with E-state index in [-0.39, 0.29) is 5.57 Å². The van der Waals surface area contributed by atoms with Crippen LogP contribution in [0.5, 0.6) is 0 Å². The molecule has 0 bridgehead atoms. The van der Waals surface area contributed by atoms with Gasteiger partial charge in [0.05, 0.1) is 5.52 Å². The Morgan fingerprint density at radius 3 is 2.21 bits per heavy atom. The normalized spacial score (nSPS) is 15.1. The fourth-order valence-corrected chi connectivity index (χ4v) is 3.40. The Labute approximate surface area is 161 Å². The molecule has 0 radical (unpaired) electrons. The van der Waals surface area contributed by atoms with E-state index in [9.17, 15) is 14.4 Å². The lowest BCUT2D eigenvalue weighted by Gasteiger charge is -2.28. The molecule has 7 heteroatoms. The van der Waals surface area contributed by atoms with E-state index in [1.807, 2.05) is 47.9 Å². The van der Waals surface area contributed by atoms with Gasteiger partial charge in [0.15, 0.2) is 5.58 Å². The smallest absolute Gasteiger partial charge is 0.333 e. The summed E-state index contributed by atoms with van der Waals surface area (Å²) in [7, 11) is 2.72. The van der Waals surface area contributed by atoms with Crippen molar-refractivity contribution in [2.24, 2.45) is 0 Å². The van der Waals surface area contributed by atoms with Gasteiger partial charge in [0, 0.05) is 44.0 Å². The van der Waals surface area contributed by atoms with Crippen LogP contribution in [-0.2, 0) is 16.1 Å². The first-order chi connectivity index (χ1) is 13.4. The van der Waals surface area contributed by atoms with E-state index in [1.165, 1.54) is 20.2 Å². The van der Waals surface area contributed by atoms with Crippen LogP contribution in [0.2, 0.25) is 0 Å². The number of rotatable bonds is 3. The van der Waals surface area contributed by atoms with Crippen molar-refractivity contribution in [3.05, 3.63) is 53.7 Å². The Morgan fingerprint density at radius 1 is 0.964 bits per heavy atom. The second-order valence-electron chi connectivity index (χ2n) is 6.61. The summed E-state index contributed by atoms with van der Waals surface area (Å²) in [6.07, 6.45) is 1.52. The van der Waals surface area contributed by atoms with E-state index in [2.05, 4.69) is 0 Å². The summed E-state index contributed by atoms with van der Waals surface area (Å²) in [5, 5.41) is 0. The highest BCUT2D eigenvalue weighted by Gasteiger charge is 2.38. The van der Waals surface area contributed by atoms with Crippen molar-refractivity contribution in [1.29, 1.82) is 0 Å². The maximum Gasteiger partial charge on any atom is 0.333 e. The molecule has 0 saturated carbocycles. The van der Waals surface area contributed by atoms with Crippen LogP contribution in [0.1, 0.15) is 12.6 Å². The first-order valence-corrected chi connectivity index (χ1v) is 8.92. The van der Waals surface area contributed by atoms with Gasteiger partial charge in [0.1, 0.15) is 11.3 Å². The van der Waals surface area contributed by atoms with Crippen LogP contribution >= 0.6 is 0 Å². The number of hydrogen-bond acceptors (Lipinski definition) is 4. The second-order valence-corrected chi connectivity index (χ2v) is 6.61. The molecule has 1 aliphatic rings. The molecular formula is C21H19N3O4. The van der Waals surface area contributed by atoms with E-state index in [0.717, 1.165) is 26.6 Å². The van der Waals surface area contributed by atoms with E-state index in [0.29, 0.717) is 17.8 Å². The van der Waals surface area contributed by atoms with Crippen molar-refractivity contribution in [1.82, 2.24) is 14.4 Å². The number of carbonyl (C=O) groups is 3. The lowest BCUT2D eigenvalue weighted by Crippen LogP contribution is -2.52. The quantitative estimate of drug-likeness (QED) is 0.518. The fraction of sp³-hybridized carbons (Fsp3) is 0.190. The average molecular weight is 377 g/mol. The number of hydrogen-bond donors (Lipinski definition) is 0. The molecule has 1 aliphatic heterocycles. The van der Waals surface area contributed by atoms with Crippen molar-refractivity contribution >= 4 is 35.0 Å². The molecular weight excluding hydrogens is 358 g/mol. The van der Waals surface area contributed by atoms with E-state index in [1.54, 1.807) is 6.07 Å². The largest absolute Gasteiger partial charge is 0.454 e. The lowest BCUT2D eigenvalue weighted by atomic mass is 10.1. The highest BCUT2D eigenvalue weighted by molar-refractivity contribution is 6.30. The van der Waals surface area contributed by atoms with Crippen LogP contribution in [0.4, 0.5) is 4.79 Å². The topological polar surface area (TPSA) is 75.8 Å². The Morgan fingerprint density at radius 2 is 1.61 bits per heavy atom. The monoisotopic (exact) mass is 377 g/mol. The van der Waals surface area contributed by atoms with Gasteiger partial charge in [-0.05, 0) is 13.0 Å². The highest BCUT2D eigenvalue weighted by Crippen LogP contribution is 2.31. The van der Waals surface area contributed by atoms with Crippen molar-refractivity contribution in [3.63, 3.8) is 0 Å². The number of nitrogens with zero attached hydrogens (tertiary/aromatic N) is 3. The number of urea groups is 1. The SMILES string of the molecule is CCn1c(C=C2C(=O)N(C)C(=O)N(C)C2=O)cc2oc(-c3ccccc3)cc21. The Hall–Kier alpha value is -3.61. The minimum absolute atomic E-state index is 0.0530. The Kier molecular flexibility index (Phi) is 4.15. The van der Waals surface area contributed by atoms with Gasteiger partial charge < -0.3 is 8.98 Å². The lowest BCUT2D eigenvalue weighted by molar-refractivity contribution is -0.134. The maximum atomic E-state index is 12.4. The van der Waals surface area contributed by atoms with Crippen LogP contribution in [0.15, 0.2) is 52.5 Å². The molecule has 7 nitrogen and oxygen atoms in total. The summed E-state index contributed by atoms with van der Waals surface area (Å²) < 4.78 is 7.95. The Bertz CT molecular complexity index is 1110. The number of fused-ring (bicyclic) bond motifs is 1. The third-order valence-corrected chi connectivity index (χ3v) is 4.93. The molecule has 1 aromatic carbocycles. The number of barbiturate groups is 1. The zero-order valence-electron chi connectivity index (χ0n) is 15.8. The van der Waals surface area contributed by atoms with Gasteiger partial charge in [-0.2, -0.15) is 0 Å². The third-order valence-electron chi connectivity index (χ3n) is 4.93. The molecule has 142 valence electrons. The summed E-state index contributed by atoms with van der Waals surface area (Å²) in [6, 6.07) is 12.9. The number of likely N-dealkylation sites (N-methyl/N-ethyl adjacent to an activating group) is 2. The highest BCUT2D eigenvalue weighted by atomic mass is 16.3. The van der Waals surface area contributed by atoms with Gasteiger partial charge in [0.2, 0.25) is 0 Å². The predicted octanol–water partition coefficient (Wildman–Crippen LogP) is 3.36. The summed E-state index contributed by atoms with van der Waals surface area (Å²) in [6.45, 7) is 2.60. The van der Waals surface area contributed by atoms with Crippen LogP contribution in [0.3, 0.4) is 0 Å². The molecule has 2 aromatic heterocycles. The first kappa shape index (κ1) is 17.8. The third kappa shape index (κ3) is 2.63. The Balaban J connectivity index is 1.80. The molecule has 0 aliphatic carbocycles. The number of aromatic nitrogens is 1. The summed E-state index contributed by atoms with van der Waals surface area (Å²) in [5.74, 6) is -0.473. The average Bonchev–Trinajstić information content (AvgIpc) is 3.26. The van der Waals surface area contributed by atoms with Crippen LogP contribution in [0.25, 0.3) is 28.5 Å². The van der Waals surface area contributed by atoms with E-state index < -0.39 is 17.8 Å². The molecule has 3 aromatic rings. The molecule has 3 heterocycles. The van der Waals surface area contributed by atoms with E-state index >= 15 is 0 Å². The number of carbonyl (C=O) groups excluding carboxylic acids is 3. The zero-order valence-corrected chi connectivity index (χ0v) is 15.8. The summed E-state index contributed by atoms with van der Waals surface area (Å²) in [4.78, 5) is 38.7. The van der Waals surface area contributed by atoms with Gasteiger partial charge in [0.25, 0.3) is 11.8 Å². The van der Waals surface area contributed by atoms with Crippen LogP contribution in [-0.4, -0.2) is 46.3 Å². The summed E-state index contributed by atoms with van der Waals surface area (Å²) >= 11 is 0. The number of imide groups is 2. The fourth-order valence-electron chi connectivity index (χ4n) is 3.40. The number of benzene rings is 1. The van der Waals surface area contributed by atoms with E-state index in [4.69, 9.17) is 4.42 Å². The number of amides is 4.